The summed E-state index contributed by atoms with van der Waals surface area (Å²) in [5.74, 6) is 0.366. The number of aromatic nitrogens is 1. The predicted molar refractivity (Wildman–Crippen MR) is 54.4 cm³/mol. The van der Waals surface area contributed by atoms with Gasteiger partial charge in [0.25, 0.3) is 0 Å². The molecular weight excluding hydrogens is 204 g/mol. The molecular formula is C9H11ClN2O2. The first-order valence-corrected chi connectivity index (χ1v) is 4.73. The molecule has 4 nitrogen and oxygen atoms in total. The molecule has 0 saturated heterocycles. The van der Waals surface area contributed by atoms with Crippen molar-refractivity contribution in [3.8, 4) is 0 Å². The molecule has 1 aromatic rings. The van der Waals surface area contributed by atoms with Gasteiger partial charge in [-0.3, -0.25) is 10.3 Å². The Labute approximate surface area is 87.2 Å². The van der Waals surface area contributed by atoms with Crippen LogP contribution >= 0.6 is 11.6 Å². The van der Waals surface area contributed by atoms with Gasteiger partial charge in [0.1, 0.15) is 0 Å². The van der Waals surface area contributed by atoms with Crippen LogP contribution in [0.4, 0.5) is 10.5 Å². The highest BCUT2D eigenvalue weighted by atomic mass is 35.5. The average Bonchev–Trinajstić information content (AvgIpc) is 2.18. The maximum absolute atomic E-state index is 11.0. The molecule has 0 aliphatic heterocycles. The largest absolute Gasteiger partial charge is 0.450 e. The van der Waals surface area contributed by atoms with Gasteiger partial charge in [-0.2, -0.15) is 0 Å². The van der Waals surface area contributed by atoms with E-state index in [4.69, 9.17) is 16.3 Å². The van der Waals surface area contributed by atoms with E-state index >= 15 is 0 Å². The fourth-order valence-corrected chi connectivity index (χ4v) is 1.06. The van der Waals surface area contributed by atoms with E-state index in [0.29, 0.717) is 18.2 Å². The van der Waals surface area contributed by atoms with Crippen molar-refractivity contribution in [1.82, 2.24) is 4.98 Å². The van der Waals surface area contributed by atoms with Gasteiger partial charge in [-0.1, -0.05) is 0 Å². The number of amides is 1. The monoisotopic (exact) mass is 214 g/mol. The van der Waals surface area contributed by atoms with Crippen LogP contribution in [0.1, 0.15) is 12.5 Å². The summed E-state index contributed by atoms with van der Waals surface area (Å²) in [5, 5.41) is 2.54. The van der Waals surface area contributed by atoms with Crippen molar-refractivity contribution in [3.63, 3.8) is 0 Å². The number of anilines is 1. The molecule has 1 amide bonds. The minimum atomic E-state index is -0.485. The molecule has 0 fully saturated rings. The predicted octanol–water partition coefficient (Wildman–Crippen LogP) is 2.39. The molecule has 0 unspecified atom stereocenters. The fourth-order valence-electron chi connectivity index (χ4n) is 0.914. The Morgan fingerprint density at radius 2 is 2.43 bits per heavy atom. The van der Waals surface area contributed by atoms with Gasteiger partial charge in [0.2, 0.25) is 0 Å². The molecule has 1 N–H and O–H groups in total. The van der Waals surface area contributed by atoms with Crippen LogP contribution in [0.15, 0.2) is 18.5 Å². The summed E-state index contributed by atoms with van der Waals surface area (Å²) in [4.78, 5) is 14.9. The van der Waals surface area contributed by atoms with Gasteiger partial charge in [-0.25, -0.2) is 4.79 Å². The van der Waals surface area contributed by atoms with E-state index in [2.05, 4.69) is 10.3 Å². The lowest BCUT2D eigenvalue weighted by Gasteiger charge is -2.05. The van der Waals surface area contributed by atoms with Gasteiger partial charge in [-0.05, 0) is 18.6 Å². The van der Waals surface area contributed by atoms with Crippen molar-refractivity contribution in [2.75, 3.05) is 11.9 Å². The molecule has 14 heavy (non-hydrogen) atoms. The minimum absolute atomic E-state index is 0.342. The number of hydrogen-bond donors (Lipinski definition) is 1. The van der Waals surface area contributed by atoms with E-state index in [0.717, 1.165) is 5.56 Å². The van der Waals surface area contributed by atoms with Crippen LogP contribution in [-0.2, 0) is 10.6 Å². The number of rotatable bonds is 3. The van der Waals surface area contributed by atoms with Gasteiger partial charge < -0.3 is 4.74 Å². The topological polar surface area (TPSA) is 51.2 Å². The van der Waals surface area contributed by atoms with Crippen molar-refractivity contribution in [2.24, 2.45) is 0 Å². The quantitative estimate of drug-likeness (QED) is 0.786. The van der Waals surface area contributed by atoms with Crippen LogP contribution in [0.2, 0.25) is 0 Å². The maximum Gasteiger partial charge on any atom is 0.411 e. The molecule has 0 saturated carbocycles. The number of hydrogen-bond acceptors (Lipinski definition) is 3. The lowest BCUT2D eigenvalue weighted by atomic mass is 10.3. The number of alkyl halides is 1. The number of carbonyl (C=O) groups excluding carboxylic acids is 1. The van der Waals surface area contributed by atoms with E-state index in [1.54, 1.807) is 19.2 Å². The number of carbonyl (C=O) groups is 1. The molecule has 76 valence electrons. The van der Waals surface area contributed by atoms with Gasteiger partial charge in [0.15, 0.2) is 0 Å². The number of pyridine rings is 1. The molecule has 0 spiro atoms. The van der Waals surface area contributed by atoms with E-state index < -0.39 is 6.09 Å². The van der Waals surface area contributed by atoms with Gasteiger partial charge in [0, 0.05) is 12.1 Å². The summed E-state index contributed by atoms with van der Waals surface area (Å²) in [6.45, 7) is 2.08. The molecule has 0 aliphatic carbocycles. The first kappa shape index (κ1) is 10.8. The SMILES string of the molecule is CCOC(=O)Nc1cncc(CCl)c1. The van der Waals surface area contributed by atoms with Crippen LogP contribution in [0, 0.1) is 0 Å². The molecule has 0 radical (unpaired) electrons. The molecule has 0 aliphatic rings. The Hall–Kier alpha value is -1.29. The van der Waals surface area contributed by atoms with Crippen LogP contribution < -0.4 is 5.32 Å². The molecule has 0 atom stereocenters. The molecule has 1 heterocycles. The highest BCUT2D eigenvalue weighted by Crippen LogP contribution is 2.10. The summed E-state index contributed by atoms with van der Waals surface area (Å²) < 4.78 is 4.71. The third kappa shape index (κ3) is 3.22. The lowest BCUT2D eigenvalue weighted by molar-refractivity contribution is 0.168. The Balaban J connectivity index is 2.62. The second-order valence-corrected chi connectivity index (χ2v) is 2.83. The first-order valence-electron chi connectivity index (χ1n) is 4.20. The zero-order valence-corrected chi connectivity index (χ0v) is 8.54. The van der Waals surface area contributed by atoms with Crippen molar-refractivity contribution < 1.29 is 9.53 Å². The smallest absolute Gasteiger partial charge is 0.411 e. The Bertz CT molecular complexity index is 317. The van der Waals surface area contributed by atoms with Crippen LogP contribution in [0.25, 0.3) is 0 Å². The number of nitrogens with one attached hydrogen (secondary N) is 1. The molecule has 1 aromatic heterocycles. The molecule has 1 rings (SSSR count). The third-order valence-corrected chi connectivity index (χ3v) is 1.78. The zero-order chi connectivity index (χ0) is 10.4. The molecule has 0 aromatic carbocycles. The summed E-state index contributed by atoms with van der Waals surface area (Å²) >= 11 is 5.61. The zero-order valence-electron chi connectivity index (χ0n) is 7.79. The standard InChI is InChI=1S/C9H11ClN2O2/c1-2-14-9(13)12-8-3-7(4-10)5-11-6-8/h3,5-6H,2,4H2,1H3,(H,12,13). The summed E-state index contributed by atoms with van der Waals surface area (Å²) in [5.41, 5.74) is 1.43. The molecule has 5 heteroatoms. The second-order valence-electron chi connectivity index (χ2n) is 2.56. The maximum atomic E-state index is 11.0. The van der Waals surface area contributed by atoms with Gasteiger partial charge >= 0.3 is 6.09 Å². The third-order valence-electron chi connectivity index (χ3n) is 1.47. The first-order chi connectivity index (χ1) is 6.76. The second kappa shape index (κ2) is 5.44. The van der Waals surface area contributed by atoms with Crippen LogP contribution in [-0.4, -0.2) is 17.7 Å². The Morgan fingerprint density at radius 1 is 1.64 bits per heavy atom. The van der Waals surface area contributed by atoms with Crippen molar-refractivity contribution in [3.05, 3.63) is 24.0 Å². The van der Waals surface area contributed by atoms with Crippen molar-refractivity contribution >= 4 is 23.4 Å². The Kier molecular flexibility index (Phi) is 4.19. The number of nitrogens with zero attached hydrogens (tertiary/aromatic N) is 1. The summed E-state index contributed by atoms with van der Waals surface area (Å²) in [6, 6.07) is 1.75. The van der Waals surface area contributed by atoms with Gasteiger partial charge in [0.05, 0.1) is 18.5 Å². The minimum Gasteiger partial charge on any atom is -0.450 e. The van der Waals surface area contributed by atoms with E-state index in [9.17, 15) is 4.79 Å². The Morgan fingerprint density at radius 3 is 3.07 bits per heavy atom. The highest BCUT2D eigenvalue weighted by molar-refractivity contribution is 6.17. The van der Waals surface area contributed by atoms with E-state index in [1.807, 2.05) is 0 Å². The number of halogens is 1. The van der Waals surface area contributed by atoms with Crippen molar-refractivity contribution in [2.45, 2.75) is 12.8 Å². The molecule has 0 bridgehead atoms. The average molecular weight is 215 g/mol. The van der Waals surface area contributed by atoms with Crippen LogP contribution in [0.5, 0.6) is 0 Å². The highest BCUT2D eigenvalue weighted by Gasteiger charge is 2.02. The van der Waals surface area contributed by atoms with E-state index in [-0.39, 0.29) is 0 Å². The summed E-state index contributed by atoms with van der Waals surface area (Å²) in [6.07, 6.45) is 2.69. The van der Waals surface area contributed by atoms with Gasteiger partial charge in [-0.15, -0.1) is 11.6 Å². The van der Waals surface area contributed by atoms with E-state index in [1.165, 1.54) is 6.20 Å². The normalized spacial score (nSPS) is 9.57. The van der Waals surface area contributed by atoms with Crippen LogP contribution in [0.3, 0.4) is 0 Å². The summed E-state index contributed by atoms with van der Waals surface area (Å²) in [7, 11) is 0. The van der Waals surface area contributed by atoms with Crippen molar-refractivity contribution in [1.29, 1.82) is 0 Å². The lowest BCUT2D eigenvalue weighted by Crippen LogP contribution is -2.13. The number of ether oxygens (including phenoxy) is 1. The fraction of sp³-hybridized carbons (Fsp3) is 0.333.